The lowest BCUT2D eigenvalue weighted by Gasteiger charge is -2.24. The lowest BCUT2D eigenvalue weighted by molar-refractivity contribution is 0.00696. The summed E-state index contributed by atoms with van der Waals surface area (Å²) >= 11 is 0. The first-order chi connectivity index (χ1) is 8.78. The van der Waals surface area contributed by atoms with Gasteiger partial charge >= 0.3 is 5.97 Å². The molecule has 4 heteroatoms. The van der Waals surface area contributed by atoms with Crippen LogP contribution < -0.4 is 10.6 Å². The second kappa shape index (κ2) is 5.95. The van der Waals surface area contributed by atoms with Gasteiger partial charge in [0.2, 0.25) is 0 Å². The van der Waals surface area contributed by atoms with Gasteiger partial charge in [-0.25, -0.2) is 4.79 Å². The van der Waals surface area contributed by atoms with Gasteiger partial charge < -0.3 is 15.4 Å². The number of carbonyl (C=O) groups excluding carboxylic acids is 1. The number of nitrogens with two attached hydrogens (primary N) is 1. The van der Waals surface area contributed by atoms with Crippen molar-refractivity contribution in [2.24, 2.45) is 0 Å². The number of nitrogens with zero attached hydrogens (tertiary/aromatic N) is 1. The predicted octanol–water partition coefficient (Wildman–Crippen LogP) is 3.07. The van der Waals surface area contributed by atoms with Gasteiger partial charge in [-0.3, -0.25) is 0 Å². The van der Waals surface area contributed by atoms with Crippen molar-refractivity contribution in [1.29, 1.82) is 0 Å². The Morgan fingerprint density at radius 1 is 1.26 bits per heavy atom. The number of hydrogen-bond acceptors (Lipinski definition) is 4. The Bertz CT molecular complexity index is 446. The molecule has 1 aromatic carbocycles. The monoisotopic (exact) mass is 264 g/mol. The third-order valence-corrected chi connectivity index (χ3v) is 2.77. The van der Waals surface area contributed by atoms with Gasteiger partial charge in [0.05, 0.1) is 16.9 Å². The average molecular weight is 264 g/mol. The molecule has 0 saturated carbocycles. The van der Waals surface area contributed by atoms with Crippen molar-refractivity contribution >= 4 is 17.3 Å². The van der Waals surface area contributed by atoms with E-state index in [2.05, 4.69) is 18.7 Å². The fourth-order valence-corrected chi connectivity index (χ4v) is 1.85. The highest BCUT2D eigenvalue weighted by Crippen LogP contribution is 2.25. The summed E-state index contributed by atoms with van der Waals surface area (Å²) < 4.78 is 5.37. The minimum atomic E-state index is -0.492. The van der Waals surface area contributed by atoms with Crippen LogP contribution in [0.1, 0.15) is 45.0 Å². The summed E-state index contributed by atoms with van der Waals surface area (Å²) in [6.07, 6.45) is 0. The van der Waals surface area contributed by atoms with Crippen LogP contribution in [0.3, 0.4) is 0 Å². The first-order valence-electron chi connectivity index (χ1n) is 6.66. The molecule has 0 saturated heterocycles. The van der Waals surface area contributed by atoms with Gasteiger partial charge in [-0.1, -0.05) is 0 Å². The van der Waals surface area contributed by atoms with Crippen molar-refractivity contribution in [2.45, 2.75) is 40.2 Å². The maximum absolute atomic E-state index is 12.0. The van der Waals surface area contributed by atoms with Crippen LogP contribution in [0.15, 0.2) is 18.2 Å². The molecule has 0 fully saturated rings. The summed E-state index contributed by atoms with van der Waals surface area (Å²) in [7, 11) is 0. The number of carbonyl (C=O) groups is 1. The van der Waals surface area contributed by atoms with Crippen molar-refractivity contribution in [3.05, 3.63) is 23.8 Å². The van der Waals surface area contributed by atoms with Gasteiger partial charge in [0.1, 0.15) is 5.60 Å². The molecule has 2 N–H and O–H groups in total. The minimum absolute atomic E-state index is 0.319. The number of hydrogen-bond donors (Lipinski definition) is 1. The SMILES string of the molecule is CCN(CC)c1cc(C(=O)OC(C)(C)C)ccc1N. The number of anilines is 2. The van der Waals surface area contributed by atoms with E-state index in [1.54, 1.807) is 18.2 Å². The zero-order valence-corrected chi connectivity index (χ0v) is 12.5. The van der Waals surface area contributed by atoms with Crippen LogP contribution in [0.2, 0.25) is 0 Å². The molecule has 0 aliphatic heterocycles. The Hall–Kier alpha value is -1.71. The molecule has 0 radical (unpaired) electrons. The molecule has 4 nitrogen and oxygen atoms in total. The summed E-state index contributed by atoms with van der Waals surface area (Å²) in [5.41, 5.74) is 7.58. The Labute approximate surface area is 115 Å². The van der Waals surface area contributed by atoms with Crippen LogP contribution in [-0.2, 0) is 4.74 Å². The standard InChI is InChI=1S/C15H24N2O2/c1-6-17(7-2)13-10-11(8-9-12(13)16)14(18)19-15(3,4)5/h8-10H,6-7,16H2,1-5H3. The molecule has 1 rings (SSSR count). The molecular formula is C15H24N2O2. The minimum Gasteiger partial charge on any atom is -0.456 e. The van der Waals surface area contributed by atoms with Crippen LogP contribution in [0.5, 0.6) is 0 Å². The third kappa shape index (κ3) is 4.16. The average Bonchev–Trinajstić information content (AvgIpc) is 2.30. The van der Waals surface area contributed by atoms with Crippen molar-refractivity contribution in [3.8, 4) is 0 Å². The highest BCUT2D eigenvalue weighted by molar-refractivity contribution is 5.92. The zero-order chi connectivity index (χ0) is 14.6. The Balaban J connectivity index is 3.05. The maximum atomic E-state index is 12.0. The largest absolute Gasteiger partial charge is 0.456 e. The van der Waals surface area contributed by atoms with E-state index in [0.717, 1.165) is 18.8 Å². The van der Waals surface area contributed by atoms with Crippen molar-refractivity contribution in [3.63, 3.8) is 0 Å². The highest BCUT2D eigenvalue weighted by Gasteiger charge is 2.19. The summed E-state index contributed by atoms with van der Waals surface area (Å²) in [6, 6.07) is 5.26. The molecule has 0 aliphatic carbocycles. The summed E-state index contributed by atoms with van der Waals surface area (Å²) in [5.74, 6) is -0.319. The smallest absolute Gasteiger partial charge is 0.338 e. The summed E-state index contributed by atoms with van der Waals surface area (Å²) in [6.45, 7) is 11.4. The summed E-state index contributed by atoms with van der Waals surface area (Å²) in [4.78, 5) is 14.2. The fourth-order valence-electron chi connectivity index (χ4n) is 1.85. The van der Waals surface area contributed by atoms with Crippen molar-refractivity contribution in [1.82, 2.24) is 0 Å². The Morgan fingerprint density at radius 2 is 1.84 bits per heavy atom. The van der Waals surface area contributed by atoms with Gasteiger partial charge in [-0.2, -0.15) is 0 Å². The van der Waals surface area contributed by atoms with Gasteiger partial charge in [-0.05, 0) is 52.8 Å². The van der Waals surface area contributed by atoms with E-state index in [4.69, 9.17) is 10.5 Å². The van der Waals surface area contributed by atoms with Crippen LogP contribution in [0, 0.1) is 0 Å². The summed E-state index contributed by atoms with van der Waals surface area (Å²) in [5, 5.41) is 0. The Kier molecular flexibility index (Phi) is 4.81. The molecule has 0 unspecified atom stereocenters. The number of nitrogen functional groups attached to an aromatic ring is 1. The highest BCUT2D eigenvalue weighted by atomic mass is 16.6. The van der Waals surface area contributed by atoms with E-state index in [1.807, 2.05) is 20.8 Å². The van der Waals surface area contributed by atoms with E-state index >= 15 is 0 Å². The number of esters is 1. The van der Waals surface area contributed by atoms with Crippen LogP contribution in [-0.4, -0.2) is 24.7 Å². The number of benzene rings is 1. The number of rotatable bonds is 4. The molecule has 0 spiro atoms. The second-order valence-electron chi connectivity index (χ2n) is 5.45. The second-order valence-corrected chi connectivity index (χ2v) is 5.45. The molecule has 0 atom stereocenters. The Morgan fingerprint density at radius 3 is 2.32 bits per heavy atom. The van der Waals surface area contributed by atoms with Gasteiger partial charge in [0.25, 0.3) is 0 Å². The molecule has 19 heavy (non-hydrogen) atoms. The van der Waals surface area contributed by atoms with Gasteiger partial charge in [0, 0.05) is 13.1 Å². The van der Waals surface area contributed by atoms with E-state index < -0.39 is 5.60 Å². The van der Waals surface area contributed by atoms with Gasteiger partial charge in [-0.15, -0.1) is 0 Å². The number of ether oxygens (including phenoxy) is 1. The van der Waals surface area contributed by atoms with Gasteiger partial charge in [0.15, 0.2) is 0 Å². The maximum Gasteiger partial charge on any atom is 0.338 e. The van der Waals surface area contributed by atoms with E-state index in [-0.39, 0.29) is 5.97 Å². The molecule has 1 aromatic rings. The lowest BCUT2D eigenvalue weighted by atomic mass is 10.1. The van der Waals surface area contributed by atoms with Crippen LogP contribution in [0.25, 0.3) is 0 Å². The molecule has 0 aromatic heterocycles. The predicted molar refractivity (Wildman–Crippen MR) is 79.6 cm³/mol. The van der Waals surface area contributed by atoms with E-state index in [9.17, 15) is 4.79 Å². The van der Waals surface area contributed by atoms with Crippen LogP contribution in [0.4, 0.5) is 11.4 Å². The first-order valence-corrected chi connectivity index (χ1v) is 6.66. The van der Waals surface area contributed by atoms with E-state index in [0.29, 0.717) is 11.3 Å². The topological polar surface area (TPSA) is 55.6 Å². The molecular weight excluding hydrogens is 240 g/mol. The first kappa shape index (κ1) is 15.3. The molecule has 0 aliphatic rings. The quantitative estimate of drug-likeness (QED) is 0.670. The normalized spacial score (nSPS) is 11.2. The van der Waals surface area contributed by atoms with Crippen molar-refractivity contribution in [2.75, 3.05) is 23.7 Å². The molecule has 0 bridgehead atoms. The lowest BCUT2D eigenvalue weighted by Crippen LogP contribution is -2.25. The molecule has 0 amide bonds. The zero-order valence-electron chi connectivity index (χ0n) is 12.5. The third-order valence-electron chi connectivity index (χ3n) is 2.77. The molecule has 0 heterocycles. The fraction of sp³-hybridized carbons (Fsp3) is 0.533. The van der Waals surface area contributed by atoms with E-state index in [1.165, 1.54) is 0 Å². The van der Waals surface area contributed by atoms with Crippen molar-refractivity contribution < 1.29 is 9.53 Å². The van der Waals surface area contributed by atoms with Crippen LogP contribution >= 0.6 is 0 Å². The molecule has 106 valence electrons.